The maximum Gasteiger partial charge on any atom is 0.221 e. The number of carbonyl (C=O) groups is 1. The molecule has 20 heavy (non-hydrogen) atoms. The summed E-state index contributed by atoms with van der Waals surface area (Å²) in [7, 11) is 1.94. The Morgan fingerprint density at radius 1 is 1.30 bits per heavy atom. The molecular weight excluding hydrogens is 254 g/mol. The molecule has 2 fully saturated rings. The zero-order valence-electron chi connectivity index (χ0n) is 12.7. The molecule has 1 amide bonds. The third-order valence-corrected chi connectivity index (χ3v) is 4.28. The van der Waals surface area contributed by atoms with Crippen molar-refractivity contribution < 1.29 is 9.53 Å². The average Bonchev–Trinajstić information content (AvgIpc) is 2.47. The molecular formula is C15H29N3O2. The van der Waals surface area contributed by atoms with Crippen LogP contribution < -0.4 is 10.6 Å². The van der Waals surface area contributed by atoms with Gasteiger partial charge in [0.25, 0.3) is 0 Å². The molecule has 0 bridgehead atoms. The van der Waals surface area contributed by atoms with Crippen molar-refractivity contribution in [3.63, 3.8) is 0 Å². The molecule has 0 spiro atoms. The number of rotatable bonds is 6. The van der Waals surface area contributed by atoms with Gasteiger partial charge in [0, 0.05) is 38.6 Å². The van der Waals surface area contributed by atoms with E-state index in [4.69, 9.17) is 4.74 Å². The summed E-state index contributed by atoms with van der Waals surface area (Å²) in [6.45, 7) is 4.37. The van der Waals surface area contributed by atoms with E-state index in [9.17, 15) is 4.79 Å². The molecule has 1 aliphatic carbocycles. The molecule has 2 N–H and O–H groups in total. The van der Waals surface area contributed by atoms with Gasteiger partial charge in [0.15, 0.2) is 0 Å². The van der Waals surface area contributed by atoms with Crippen molar-refractivity contribution in [2.45, 2.75) is 50.7 Å². The summed E-state index contributed by atoms with van der Waals surface area (Å²) in [6.07, 6.45) is 7.05. The molecule has 1 saturated heterocycles. The van der Waals surface area contributed by atoms with Gasteiger partial charge in [-0.25, -0.2) is 0 Å². The van der Waals surface area contributed by atoms with Crippen molar-refractivity contribution in [1.82, 2.24) is 15.5 Å². The van der Waals surface area contributed by atoms with Gasteiger partial charge in [-0.15, -0.1) is 0 Å². The maximum absolute atomic E-state index is 12.0. The minimum atomic E-state index is 0.216. The number of morpholine rings is 1. The monoisotopic (exact) mass is 283 g/mol. The van der Waals surface area contributed by atoms with E-state index in [1.165, 1.54) is 19.3 Å². The highest BCUT2D eigenvalue weighted by atomic mass is 16.5. The largest absolute Gasteiger partial charge is 0.374 e. The van der Waals surface area contributed by atoms with Gasteiger partial charge in [0.05, 0.1) is 12.7 Å². The summed E-state index contributed by atoms with van der Waals surface area (Å²) in [5, 5.41) is 6.33. The third kappa shape index (κ3) is 5.38. The topological polar surface area (TPSA) is 53.6 Å². The first-order chi connectivity index (χ1) is 9.78. The smallest absolute Gasteiger partial charge is 0.221 e. The van der Waals surface area contributed by atoms with E-state index >= 15 is 0 Å². The van der Waals surface area contributed by atoms with E-state index in [0.717, 1.165) is 45.6 Å². The predicted molar refractivity (Wildman–Crippen MR) is 79.7 cm³/mol. The summed E-state index contributed by atoms with van der Waals surface area (Å²) in [6, 6.07) is 0.429. The molecule has 116 valence electrons. The van der Waals surface area contributed by atoms with Gasteiger partial charge in [-0.1, -0.05) is 19.3 Å². The number of hydrogen-bond donors (Lipinski definition) is 2. The van der Waals surface area contributed by atoms with E-state index in [1.807, 2.05) is 7.05 Å². The van der Waals surface area contributed by atoms with E-state index < -0.39 is 0 Å². The minimum absolute atomic E-state index is 0.216. The van der Waals surface area contributed by atoms with E-state index in [0.29, 0.717) is 12.5 Å². The summed E-state index contributed by atoms with van der Waals surface area (Å²) in [4.78, 5) is 14.3. The molecule has 0 aromatic rings. The van der Waals surface area contributed by atoms with Gasteiger partial charge in [0.2, 0.25) is 5.91 Å². The van der Waals surface area contributed by atoms with Crippen LogP contribution in [0.5, 0.6) is 0 Å². The molecule has 1 aliphatic heterocycles. The number of amides is 1. The van der Waals surface area contributed by atoms with Crippen LogP contribution in [0.15, 0.2) is 0 Å². The lowest BCUT2D eigenvalue weighted by molar-refractivity contribution is -0.122. The fraction of sp³-hybridized carbons (Fsp3) is 0.933. The maximum atomic E-state index is 12.0. The van der Waals surface area contributed by atoms with Crippen LogP contribution in [0.1, 0.15) is 38.5 Å². The SMILES string of the molecule is CNCC1CN(CCC(=O)NC2CCCCC2)CCO1. The molecule has 1 atom stereocenters. The standard InChI is InChI=1S/C15H29N3O2/c1-16-11-14-12-18(9-10-20-14)8-7-15(19)17-13-5-3-2-4-6-13/h13-14,16H,2-12H2,1H3,(H,17,19). The van der Waals surface area contributed by atoms with Crippen LogP contribution in [0.3, 0.4) is 0 Å². The Bertz CT molecular complexity index is 291. The first-order valence-corrected chi connectivity index (χ1v) is 8.06. The van der Waals surface area contributed by atoms with Gasteiger partial charge in [-0.2, -0.15) is 0 Å². The molecule has 1 heterocycles. The van der Waals surface area contributed by atoms with E-state index in [2.05, 4.69) is 15.5 Å². The molecule has 0 aromatic carbocycles. The molecule has 5 nitrogen and oxygen atoms in total. The average molecular weight is 283 g/mol. The predicted octanol–water partition coefficient (Wildman–Crippen LogP) is 0.746. The van der Waals surface area contributed by atoms with Crippen molar-refractivity contribution in [3.05, 3.63) is 0 Å². The van der Waals surface area contributed by atoms with Crippen LogP contribution in [0.2, 0.25) is 0 Å². The normalized spacial score (nSPS) is 25.6. The first-order valence-electron chi connectivity index (χ1n) is 8.06. The summed E-state index contributed by atoms with van der Waals surface area (Å²) >= 11 is 0. The second kappa shape index (κ2) is 8.60. The zero-order chi connectivity index (χ0) is 14.2. The van der Waals surface area contributed by atoms with E-state index in [-0.39, 0.29) is 12.0 Å². The Morgan fingerprint density at radius 2 is 2.10 bits per heavy atom. The number of nitrogens with one attached hydrogen (secondary N) is 2. The van der Waals surface area contributed by atoms with Crippen molar-refractivity contribution in [1.29, 1.82) is 0 Å². The van der Waals surface area contributed by atoms with Crippen LogP contribution in [-0.4, -0.2) is 62.8 Å². The quantitative estimate of drug-likeness (QED) is 0.755. The first kappa shape index (κ1) is 15.7. The Morgan fingerprint density at radius 3 is 2.85 bits per heavy atom. The van der Waals surface area contributed by atoms with E-state index in [1.54, 1.807) is 0 Å². The summed E-state index contributed by atoms with van der Waals surface area (Å²) in [5.41, 5.74) is 0. The Kier molecular flexibility index (Phi) is 6.76. The second-order valence-electron chi connectivity index (χ2n) is 6.00. The lowest BCUT2D eigenvalue weighted by Gasteiger charge is -2.32. The molecule has 2 rings (SSSR count). The Balaban J connectivity index is 1.62. The molecule has 0 radical (unpaired) electrons. The van der Waals surface area contributed by atoms with Gasteiger partial charge < -0.3 is 15.4 Å². The number of ether oxygens (including phenoxy) is 1. The Hall–Kier alpha value is -0.650. The van der Waals surface area contributed by atoms with Crippen LogP contribution in [0.25, 0.3) is 0 Å². The number of nitrogens with zero attached hydrogens (tertiary/aromatic N) is 1. The highest BCUT2D eigenvalue weighted by Gasteiger charge is 2.21. The van der Waals surface area contributed by atoms with Gasteiger partial charge in [0.1, 0.15) is 0 Å². The minimum Gasteiger partial charge on any atom is -0.374 e. The lowest BCUT2D eigenvalue weighted by Crippen LogP contribution is -2.47. The highest BCUT2D eigenvalue weighted by Crippen LogP contribution is 2.17. The van der Waals surface area contributed by atoms with Crippen molar-refractivity contribution in [2.75, 3.05) is 39.8 Å². The lowest BCUT2D eigenvalue weighted by atomic mass is 9.95. The van der Waals surface area contributed by atoms with Crippen molar-refractivity contribution >= 4 is 5.91 Å². The van der Waals surface area contributed by atoms with Crippen LogP contribution in [0.4, 0.5) is 0 Å². The Labute approximate surface area is 122 Å². The molecule has 1 unspecified atom stereocenters. The van der Waals surface area contributed by atoms with Gasteiger partial charge >= 0.3 is 0 Å². The fourth-order valence-electron chi connectivity index (χ4n) is 3.14. The summed E-state index contributed by atoms with van der Waals surface area (Å²) < 4.78 is 5.67. The molecule has 1 saturated carbocycles. The number of carbonyl (C=O) groups excluding carboxylic acids is 1. The fourth-order valence-corrected chi connectivity index (χ4v) is 3.14. The van der Waals surface area contributed by atoms with Crippen molar-refractivity contribution in [2.24, 2.45) is 0 Å². The van der Waals surface area contributed by atoms with Crippen molar-refractivity contribution in [3.8, 4) is 0 Å². The second-order valence-corrected chi connectivity index (χ2v) is 6.00. The molecule has 5 heteroatoms. The number of hydrogen-bond acceptors (Lipinski definition) is 4. The highest BCUT2D eigenvalue weighted by molar-refractivity contribution is 5.76. The van der Waals surface area contributed by atoms with Gasteiger partial charge in [-0.05, 0) is 19.9 Å². The van der Waals surface area contributed by atoms with Gasteiger partial charge in [-0.3, -0.25) is 9.69 Å². The number of likely N-dealkylation sites (N-methyl/N-ethyl adjacent to an activating group) is 1. The third-order valence-electron chi connectivity index (χ3n) is 4.28. The van der Waals surface area contributed by atoms with Crippen LogP contribution in [-0.2, 0) is 9.53 Å². The zero-order valence-corrected chi connectivity index (χ0v) is 12.7. The molecule has 0 aromatic heterocycles. The molecule has 2 aliphatic rings. The van der Waals surface area contributed by atoms with Crippen LogP contribution >= 0.6 is 0 Å². The summed E-state index contributed by atoms with van der Waals surface area (Å²) in [5.74, 6) is 0.216. The van der Waals surface area contributed by atoms with Crippen LogP contribution in [0, 0.1) is 0 Å².